The normalized spacial score (nSPS) is 11.7. The highest BCUT2D eigenvalue weighted by Crippen LogP contribution is 2.22. The Morgan fingerprint density at radius 1 is 1.19 bits per heavy atom. The SMILES string of the molecule is Cc1nn(C)c2c1nc(N)n2Cc1ccc(C(C)C)cc1. The van der Waals surface area contributed by atoms with Crippen LogP contribution in [0.4, 0.5) is 5.95 Å². The highest BCUT2D eigenvalue weighted by atomic mass is 15.3. The maximum atomic E-state index is 6.07. The summed E-state index contributed by atoms with van der Waals surface area (Å²) in [5, 5.41) is 4.41. The van der Waals surface area contributed by atoms with Crippen molar-refractivity contribution in [1.29, 1.82) is 0 Å². The van der Waals surface area contributed by atoms with Gasteiger partial charge in [-0.2, -0.15) is 5.10 Å². The quantitative estimate of drug-likeness (QED) is 0.804. The first-order valence-corrected chi connectivity index (χ1v) is 7.21. The van der Waals surface area contributed by atoms with E-state index in [4.69, 9.17) is 5.73 Å². The Kier molecular flexibility index (Phi) is 3.20. The molecule has 0 atom stereocenters. The van der Waals surface area contributed by atoms with E-state index in [-0.39, 0.29) is 0 Å². The molecule has 0 fully saturated rings. The van der Waals surface area contributed by atoms with Crippen LogP contribution in [0.2, 0.25) is 0 Å². The Hall–Kier alpha value is -2.30. The first kappa shape index (κ1) is 13.7. The molecule has 0 aliphatic carbocycles. The van der Waals surface area contributed by atoms with Gasteiger partial charge in [-0.15, -0.1) is 0 Å². The summed E-state index contributed by atoms with van der Waals surface area (Å²) < 4.78 is 3.86. The fraction of sp³-hybridized carbons (Fsp3) is 0.375. The van der Waals surface area contributed by atoms with E-state index < -0.39 is 0 Å². The number of aryl methyl sites for hydroxylation is 2. The van der Waals surface area contributed by atoms with Gasteiger partial charge in [0.15, 0.2) is 5.65 Å². The molecule has 110 valence electrons. The van der Waals surface area contributed by atoms with Crippen molar-refractivity contribution in [2.24, 2.45) is 7.05 Å². The van der Waals surface area contributed by atoms with Crippen LogP contribution in [0.5, 0.6) is 0 Å². The van der Waals surface area contributed by atoms with Crippen molar-refractivity contribution in [2.75, 3.05) is 5.73 Å². The Bertz CT molecular complexity index is 777. The molecule has 3 rings (SSSR count). The van der Waals surface area contributed by atoms with Gasteiger partial charge in [0.2, 0.25) is 5.95 Å². The van der Waals surface area contributed by atoms with Gasteiger partial charge in [-0.05, 0) is 24.0 Å². The number of hydrogen-bond acceptors (Lipinski definition) is 3. The van der Waals surface area contributed by atoms with Crippen molar-refractivity contribution in [2.45, 2.75) is 33.2 Å². The number of fused-ring (bicyclic) bond motifs is 1. The molecule has 0 bridgehead atoms. The summed E-state index contributed by atoms with van der Waals surface area (Å²) in [5.74, 6) is 1.08. The number of benzene rings is 1. The van der Waals surface area contributed by atoms with Crippen LogP contribution in [-0.4, -0.2) is 19.3 Å². The highest BCUT2D eigenvalue weighted by Gasteiger charge is 2.15. The third-order valence-electron chi connectivity index (χ3n) is 3.91. The summed E-state index contributed by atoms with van der Waals surface area (Å²) in [4.78, 5) is 4.43. The number of hydrogen-bond donors (Lipinski definition) is 1. The lowest BCUT2D eigenvalue weighted by atomic mass is 10.0. The van der Waals surface area contributed by atoms with Gasteiger partial charge in [0, 0.05) is 7.05 Å². The number of imidazole rings is 1. The summed E-state index contributed by atoms with van der Waals surface area (Å²) in [6.07, 6.45) is 0. The smallest absolute Gasteiger partial charge is 0.202 e. The molecule has 0 aliphatic rings. The van der Waals surface area contributed by atoms with Crippen LogP contribution >= 0.6 is 0 Å². The molecule has 0 unspecified atom stereocenters. The number of aromatic nitrogens is 4. The zero-order valence-corrected chi connectivity index (χ0v) is 13.0. The first-order valence-electron chi connectivity index (χ1n) is 7.21. The molecule has 0 saturated heterocycles. The van der Waals surface area contributed by atoms with Crippen molar-refractivity contribution in [3.8, 4) is 0 Å². The monoisotopic (exact) mass is 283 g/mol. The molecular formula is C16H21N5. The predicted molar refractivity (Wildman–Crippen MR) is 85.3 cm³/mol. The molecule has 2 aromatic heterocycles. The average molecular weight is 283 g/mol. The van der Waals surface area contributed by atoms with E-state index in [1.807, 2.05) is 23.2 Å². The van der Waals surface area contributed by atoms with E-state index in [1.165, 1.54) is 11.1 Å². The number of nitrogens with zero attached hydrogens (tertiary/aromatic N) is 4. The van der Waals surface area contributed by atoms with Crippen molar-refractivity contribution in [1.82, 2.24) is 19.3 Å². The molecule has 0 saturated carbocycles. The minimum absolute atomic E-state index is 0.536. The number of anilines is 1. The molecule has 5 heteroatoms. The summed E-state index contributed by atoms with van der Waals surface area (Å²) in [5.41, 5.74) is 11.4. The molecule has 0 spiro atoms. The van der Waals surface area contributed by atoms with Gasteiger partial charge in [0.25, 0.3) is 0 Å². The molecule has 21 heavy (non-hydrogen) atoms. The topological polar surface area (TPSA) is 61.7 Å². The van der Waals surface area contributed by atoms with Gasteiger partial charge in [-0.25, -0.2) is 4.98 Å². The van der Waals surface area contributed by atoms with Gasteiger partial charge >= 0.3 is 0 Å². The number of rotatable bonds is 3. The predicted octanol–water partition coefficient (Wildman–Crippen LogP) is 2.83. The molecular weight excluding hydrogens is 262 g/mol. The Labute approximate surface area is 124 Å². The fourth-order valence-corrected chi connectivity index (χ4v) is 2.70. The second-order valence-corrected chi connectivity index (χ2v) is 5.83. The number of nitrogens with two attached hydrogens (primary N) is 1. The van der Waals surface area contributed by atoms with Crippen molar-refractivity contribution in [3.05, 3.63) is 41.1 Å². The van der Waals surface area contributed by atoms with E-state index >= 15 is 0 Å². The van der Waals surface area contributed by atoms with Crippen LogP contribution in [0.3, 0.4) is 0 Å². The molecule has 0 radical (unpaired) electrons. The minimum atomic E-state index is 0.536. The molecule has 3 aromatic rings. The lowest BCUT2D eigenvalue weighted by Crippen LogP contribution is -2.08. The van der Waals surface area contributed by atoms with Gasteiger partial charge in [0.1, 0.15) is 5.52 Å². The van der Waals surface area contributed by atoms with Crippen LogP contribution in [-0.2, 0) is 13.6 Å². The van der Waals surface area contributed by atoms with E-state index in [0.717, 1.165) is 16.9 Å². The van der Waals surface area contributed by atoms with Gasteiger partial charge in [0.05, 0.1) is 12.2 Å². The van der Waals surface area contributed by atoms with Crippen LogP contribution in [0.1, 0.15) is 36.6 Å². The Morgan fingerprint density at radius 2 is 1.86 bits per heavy atom. The molecule has 2 heterocycles. The molecule has 5 nitrogen and oxygen atoms in total. The number of nitrogen functional groups attached to an aromatic ring is 1. The largest absolute Gasteiger partial charge is 0.369 e. The van der Waals surface area contributed by atoms with Crippen LogP contribution < -0.4 is 5.73 Å². The zero-order chi connectivity index (χ0) is 15.1. The second kappa shape index (κ2) is 4.91. The van der Waals surface area contributed by atoms with E-state index in [2.05, 4.69) is 48.2 Å². The van der Waals surface area contributed by atoms with E-state index in [0.29, 0.717) is 18.4 Å². The third-order valence-corrected chi connectivity index (χ3v) is 3.91. The van der Waals surface area contributed by atoms with Crippen LogP contribution in [0.25, 0.3) is 11.2 Å². The average Bonchev–Trinajstić information content (AvgIpc) is 2.90. The zero-order valence-electron chi connectivity index (χ0n) is 13.0. The fourth-order valence-electron chi connectivity index (χ4n) is 2.70. The molecule has 0 aliphatic heterocycles. The summed E-state index contributed by atoms with van der Waals surface area (Å²) >= 11 is 0. The minimum Gasteiger partial charge on any atom is -0.369 e. The Balaban J connectivity index is 1.99. The van der Waals surface area contributed by atoms with E-state index in [1.54, 1.807) is 0 Å². The summed E-state index contributed by atoms with van der Waals surface area (Å²) in [7, 11) is 1.93. The molecule has 0 amide bonds. The maximum Gasteiger partial charge on any atom is 0.202 e. The van der Waals surface area contributed by atoms with Crippen LogP contribution in [0.15, 0.2) is 24.3 Å². The summed E-state index contributed by atoms with van der Waals surface area (Å²) in [6.45, 7) is 7.06. The van der Waals surface area contributed by atoms with Gasteiger partial charge in [-0.1, -0.05) is 38.1 Å². The molecule has 1 aromatic carbocycles. The Morgan fingerprint density at radius 3 is 2.48 bits per heavy atom. The van der Waals surface area contributed by atoms with Crippen molar-refractivity contribution < 1.29 is 0 Å². The maximum absolute atomic E-state index is 6.07. The summed E-state index contributed by atoms with van der Waals surface area (Å²) in [6, 6.07) is 8.67. The third kappa shape index (κ3) is 2.28. The second-order valence-electron chi connectivity index (χ2n) is 5.83. The van der Waals surface area contributed by atoms with Gasteiger partial charge < -0.3 is 5.73 Å². The van der Waals surface area contributed by atoms with Crippen LogP contribution in [0, 0.1) is 6.92 Å². The van der Waals surface area contributed by atoms with Crippen molar-refractivity contribution in [3.63, 3.8) is 0 Å². The van der Waals surface area contributed by atoms with Crippen molar-refractivity contribution >= 4 is 17.1 Å². The lowest BCUT2D eigenvalue weighted by Gasteiger charge is -2.09. The standard InChI is InChI=1S/C16H21N5/c1-10(2)13-7-5-12(6-8-13)9-21-15-14(18-16(21)17)11(3)19-20(15)4/h5-8,10H,9H2,1-4H3,(H2,17,18). The first-order chi connectivity index (χ1) is 9.97. The molecule has 2 N–H and O–H groups in total. The van der Waals surface area contributed by atoms with Gasteiger partial charge in [-0.3, -0.25) is 9.25 Å². The van der Waals surface area contributed by atoms with E-state index in [9.17, 15) is 0 Å². The lowest BCUT2D eigenvalue weighted by molar-refractivity contribution is 0.725. The highest BCUT2D eigenvalue weighted by molar-refractivity contribution is 5.77.